The second-order valence-corrected chi connectivity index (χ2v) is 7.82. The minimum atomic E-state index is 0.120. The van der Waals surface area contributed by atoms with Gasteiger partial charge >= 0.3 is 0 Å². The summed E-state index contributed by atoms with van der Waals surface area (Å²) in [7, 11) is 0. The summed E-state index contributed by atoms with van der Waals surface area (Å²) < 4.78 is 17.0. The summed E-state index contributed by atoms with van der Waals surface area (Å²) in [6.07, 6.45) is 2.78. The third-order valence-corrected chi connectivity index (χ3v) is 4.78. The Hall–Kier alpha value is -1.79. The van der Waals surface area contributed by atoms with Gasteiger partial charge in [-0.1, -0.05) is 58.5 Å². The van der Waals surface area contributed by atoms with Crippen molar-refractivity contribution in [2.75, 3.05) is 19.8 Å². The Morgan fingerprint density at radius 2 is 1.60 bits per heavy atom. The summed E-state index contributed by atoms with van der Waals surface area (Å²) in [4.78, 5) is 0. The SMILES string of the molecule is CCC(=NO)c1ccc(OCCCOc2c(Cl)cc(OCC=C(Cl)Cl)cc2Cl)cc1. The Morgan fingerprint density at radius 3 is 2.17 bits per heavy atom. The van der Waals surface area contributed by atoms with Crippen LogP contribution in [0.25, 0.3) is 0 Å². The number of benzene rings is 2. The molecular formula is C21H21Cl4NO4. The van der Waals surface area contributed by atoms with Crippen LogP contribution in [0.4, 0.5) is 0 Å². The molecule has 1 N–H and O–H groups in total. The maximum atomic E-state index is 8.96. The molecule has 0 radical (unpaired) electrons. The Labute approximate surface area is 195 Å². The van der Waals surface area contributed by atoms with Crippen molar-refractivity contribution in [1.82, 2.24) is 0 Å². The summed E-state index contributed by atoms with van der Waals surface area (Å²) in [5.74, 6) is 1.58. The molecule has 162 valence electrons. The van der Waals surface area contributed by atoms with E-state index in [1.54, 1.807) is 12.1 Å². The van der Waals surface area contributed by atoms with Crippen LogP contribution in [0.15, 0.2) is 52.1 Å². The van der Waals surface area contributed by atoms with Crippen molar-refractivity contribution >= 4 is 52.1 Å². The standard InChI is InChI=1S/C21H21Cl4NO4/c1-2-19(26-27)14-4-6-15(7-5-14)28-9-3-10-30-21-17(22)12-16(13-18(21)23)29-11-8-20(24)25/h4-8,12-13,27H,2-3,9-11H2,1H3. The van der Waals surface area contributed by atoms with Gasteiger partial charge in [-0.3, -0.25) is 0 Å². The van der Waals surface area contributed by atoms with Crippen LogP contribution in [0.2, 0.25) is 10.0 Å². The third kappa shape index (κ3) is 7.80. The second kappa shape index (κ2) is 12.8. The van der Waals surface area contributed by atoms with Crippen LogP contribution in [0, 0.1) is 0 Å². The van der Waals surface area contributed by atoms with Gasteiger partial charge in [-0.15, -0.1) is 0 Å². The van der Waals surface area contributed by atoms with E-state index in [-0.39, 0.29) is 11.1 Å². The van der Waals surface area contributed by atoms with Gasteiger partial charge in [-0.25, -0.2) is 0 Å². The van der Waals surface area contributed by atoms with Crippen LogP contribution >= 0.6 is 46.4 Å². The third-order valence-electron chi connectivity index (χ3n) is 3.91. The number of rotatable bonds is 11. The van der Waals surface area contributed by atoms with E-state index in [9.17, 15) is 0 Å². The van der Waals surface area contributed by atoms with Crippen LogP contribution in [-0.2, 0) is 0 Å². The first-order valence-corrected chi connectivity index (χ1v) is 10.7. The van der Waals surface area contributed by atoms with Gasteiger partial charge in [-0.2, -0.15) is 0 Å². The Balaban J connectivity index is 1.79. The summed E-state index contributed by atoms with van der Waals surface area (Å²) in [6, 6.07) is 10.6. The molecule has 0 aliphatic rings. The highest BCUT2D eigenvalue weighted by molar-refractivity contribution is 6.55. The number of hydrogen-bond acceptors (Lipinski definition) is 5. The minimum absolute atomic E-state index is 0.120. The molecule has 0 fully saturated rings. The molecule has 0 unspecified atom stereocenters. The molecule has 9 heteroatoms. The van der Waals surface area contributed by atoms with Crippen LogP contribution in [-0.4, -0.2) is 30.7 Å². The van der Waals surface area contributed by atoms with E-state index in [2.05, 4.69) is 5.16 Å². The Bertz CT molecular complexity index is 858. The maximum absolute atomic E-state index is 8.96. The highest BCUT2D eigenvalue weighted by Gasteiger charge is 2.11. The van der Waals surface area contributed by atoms with Gasteiger partial charge in [0.1, 0.15) is 22.6 Å². The second-order valence-electron chi connectivity index (χ2n) is 6.00. The number of ether oxygens (including phenoxy) is 3. The zero-order chi connectivity index (χ0) is 21.9. The van der Waals surface area contributed by atoms with Gasteiger partial charge in [0, 0.05) is 18.6 Å². The average molecular weight is 493 g/mol. The summed E-state index contributed by atoms with van der Waals surface area (Å²) in [6.45, 7) is 2.95. The molecule has 0 aliphatic carbocycles. The molecule has 2 aromatic rings. The smallest absolute Gasteiger partial charge is 0.156 e. The van der Waals surface area contributed by atoms with E-state index in [1.807, 2.05) is 31.2 Å². The van der Waals surface area contributed by atoms with E-state index >= 15 is 0 Å². The summed E-state index contributed by atoms with van der Waals surface area (Å²) in [5, 5.41) is 12.9. The molecule has 0 amide bonds. The molecule has 2 rings (SSSR count). The summed E-state index contributed by atoms with van der Waals surface area (Å²) >= 11 is 23.5. The predicted octanol–water partition coefficient (Wildman–Crippen LogP) is 7.13. The topological polar surface area (TPSA) is 60.3 Å². The lowest BCUT2D eigenvalue weighted by Gasteiger charge is -2.12. The molecule has 0 heterocycles. The number of nitrogens with zero attached hydrogens (tertiary/aromatic N) is 1. The quantitative estimate of drug-likeness (QED) is 0.157. The van der Waals surface area contributed by atoms with Crippen molar-refractivity contribution in [3.05, 3.63) is 62.6 Å². The van der Waals surface area contributed by atoms with Crippen molar-refractivity contribution < 1.29 is 19.4 Å². The van der Waals surface area contributed by atoms with Crippen molar-refractivity contribution in [3.63, 3.8) is 0 Å². The fourth-order valence-electron chi connectivity index (χ4n) is 2.46. The van der Waals surface area contributed by atoms with E-state index in [0.29, 0.717) is 53.3 Å². The van der Waals surface area contributed by atoms with Crippen LogP contribution in [0.5, 0.6) is 17.2 Å². The Kier molecular flexibility index (Phi) is 10.4. The van der Waals surface area contributed by atoms with Gasteiger partial charge < -0.3 is 19.4 Å². The monoisotopic (exact) mass is 491 g/mol. The van der Waals surface area contributed by atoms with Crippen LogP contribution in [0.3, 0.4) is 0 Å². The summed E-state index contributed by atoms with van der Waals surface area (Å²) in [5.41, 5.74) is 1.48. The van der Waals surface area contributed by atoms with Crippen LogP contribution in [0.1, 0.15) is 25.3 Å². The molecule has 0 aromatic heterocycles. The molecule has 0 bridgehead atoms. The van der Waals surface area contributed by atoms with Crippen molar-refractivity contribution in [3.8, 4) is 17.2 Å². The highest BCUT2D eigenvalue weighted by atomic mass is 35.5. The lowest BCUT2D eigenvalue weighted by atomic mass is 10.1. The van der Waals surface area contributed by atoms with Crippen molar-refractivity contribution in [1.29, 1.82) is 0 Å². The van der Waals surface area contributed by atoms with E-state index in [0.717, 1.165) is 11.3 Å². The van der Waals surface area contributed by atoms with Crippen molar-refractivity contribution in [2.24, 2.45) is 5.16 Å². The highest BCUT2D eigenvalue weighted by Crippen LogP contribution is 2.37. The molecular weight excluding hydrogens is 472 g/mol. The number of halogens is 4. The Morgan fingerprint density at radius 1 is 0.967 bits per heavy atom. The molecule has 5 nitrogen and oxygen atoms in total. The van der Waals surface area contributed by atoms with Gasteiger partial charge in [-0.05, 0) is 42.3 Å². The first-order valence-electron chi connectivity index (χ1n) is 9.14. The van der Waals surface area contributed by atoms with Gasteiger partial charge in [0.25, 0.3) is 0 Å². The maximum Gasteiger partial charge on any atom is 0.156 e. The molecule has 2 aromatic carbocycles. The molecule has 0 aliphatic heterocycles. The zero-order valence-electron chi connectivity index (χ0n) is 16.2. The average Bonchev–Trinajstić information content (AvgIpc) is 2.71. The van der Waals surface area contributed by atoms with E-state index in [1.165, 1.54) is 6.08 Å². The fraction of sp³-hybridized carbons (Fsp3) is 0.286. The van der Waals surface area contributed by atoms with Crippen LogP contribution < -0.4 is 14.2 Å². The molecule has 0 atom stereocenters. The van der Waals surface area contributed by atoms with E-state index in [4.69, 9.17) is 65.8 Å². The van der Waals surface area contributed by atoms with Gasteiger partial charge in [0.05, 0.1) is 29.0 Å². The number of hydrogen-bond donors (Lipinski definition) is 1. The zero-order valence-corrected chi connectivity index (χ0v) is 19.2. The normalized spacial score (nSPS) is 11.2. The largest absolute Gasteiger partial charge is 0.493 e. The predicted molar refractivity (Wildman–Crippen MR) is 122 cm³/mol. The first-order chi connectivity index (χ1) is 14.4. The molecule has 30 heavy (non-hydrogen) atoms. The van der Waals surface area contributed by atoms with Crippen molar-refractivity contribution in [2.45, 2.75) is 19.8 Å². The fourth-order valence-corrected chi connectivity index (χ4v) is 3.16. The first kappa shape index (κ1) is 24.5. The van der Waals surface area contributed by atoms with Gasteiger partial charge in [0.2, 0.25) is 0 Å². The van der Waals surface area contributed by atoms with Gasteiger partial charge in [0.15, 0.2) is 5.75 Å². The minimum Gasteiger partial charge on any atom is -0.493 e. The lowest BCUT2D eigenvalue weighted by Crippen LogP contribution is -2.06. The van der Waals surface area contributed by atoms with E-state index < -0.39 is 0 Å². The molecule has 0 saturated carbocycles. The molecule has 0 spiro atoms. The number of oxime groups is 1. The lowest BCUT2D eigenvalue weighted by molar-refractivity contribution is 0.247. The molecule has 0 saturated heterocycles.